The molecular formula is C11H13F3N4O. The van der Waals surface area contributed by atoms with Crippen molar-refractivity contribution in [1.29, 1.82) is 0 Å². The minimum absolute atomic E-state index is 0.0545. The van der Waals surface area contributed by atoms with E-state index in [4.69, 9.17) is 0 Å². The third-order valence-electron chi connectivity index (χ3n) is 2.76. The summed E-state index contributed by atoms with van der Waals surface area (Å²) < 4.78 is 36.0. The van der Waals surface area contributed by atoms with E-state index in [1.165, 1.54) is 12.4 Å². The summed E-state index contributed by atoms with van der Waals surface area (Å²) in [6.07, 6.45) is -1.16. The maximum atomic E-state index is 12.0. The van der Waals surface area contributed by atoms with Crippen LogP contribution in [0.25, 0.3) is 0 Å². The Hall–Kier alpha value is -1.86. The van der Waals surface area contributed by atoms with Crippen LogP contribution in [0.5, 0.6) is 0 Å². The Labute approximate surface area is 107 Å². The Kier molecular flexibility index (Phi) is 3.87. The zero-order valence-corrected chi connectivity index (χ0v) is 10.1. The van der Waals surface area contributed by atoms with E-state index in [0.29, 0.717) is 5.82 Å². The van der Waals surface area contributed by atoms with Crippen molar-refractivity contribution in [3.63, 3.8) is 0 Å². The highest BCUT2D eigenvalue weighted by molar-refractivity contribution is 5.92. The summed E-state index contributed by atoms with van der Waals surface area (Å²) in [4.78, 5) is 21.2. The van der Waals surface area contributed by atoms with E-state index < -0.39 is 18.6 Å². The molecule has 0 spiro atoms. The van der Waals surface area contributed by atoms with Crippen molar-refractivity contribution in [3.8, 4) is 0 Å². The predicted octanol–water partition coefficient (Wildman–Crippen LogP) is 1.37. The van der Waals surface area contributed by atoms with Crippen LogP contribution < -0.4 is 10.2 Å². The number of aromatic nitrogens is 2. The molecule has 104 valence electrons. The number of carbonyl (C=O) groups excluding carboxylic acids is 1. The number of halogens is 3. The van der Waals surface area contributed by atoms with E-state index in [1.807, 2.05) is 4.90 Å². The quantitative estimate of drug-likeness (QED) is 0.904. The molecule has 1 aliphatic rings. The molecule has 0 aromatic carbocycles. The molecule has 5 nitrogen and oxygen atoms in total. The van der Waals surface area contributed by atoms with Gasteiger partial charge >= 0.3 is 6.18 Å². The lowest BCUT2D eigenvalue weighted by atomic mass is 10.3. The van der Waals surface area contributed by atoms with Crippen LogP contribution in [-0.4, -0.2) is 41.7 Å². The van der Waals surface area contributed by atoms with Crippen LogP contribution >= 0.6 is 0 Å². The van der Waals surface area contributed by atoms with Crippen molar-refractivity contribution in [1.82, 2.24) is 15.3 Å². The first-order chi connectivity index (χ1) is 8.96. The van der Waals surface area contributed by atoms with Crippen LogP contribution in [0.1, 0.15) is 23.3 Å². The Morgan fingerprint density at radius 1 is 1.32 bits per heavy atom. The number of hydrogen-bond donors (Lipinski definition) is 1. The van der Waals surface area contributed by atoms with Crippen LogP contribution in [0.2, 0.25) is 0 Å². The first-order valence-electron chi connectivity index (χ1n) is 5.88. The molecule has 0 saturated carbocycles. The monoisotopic (exact) mass is 274 g/mol. The second-order valence-corrected chi connectivity index (χ2v) is 4.25. The number of carbonyl (C=O) groups is 1. The molecule has 0 unspecified atom stereocenters. The van der Waals surface area contributed by atoms with Gasteiger partial charge in [0.2, 0.25) is 0 Å². The van der Waals surface area contributed by atoms with E-state index in [9.17, 15) is 18.0 Å². The fourth-order valence-electron chi connectivity index (χ4n) is 1.86. The van der Waals surface area contributed by atoms with Gasteiger partial charge in [-0.2, -0.15) is 13.2 Å². The van der Waals surface area contributed by atoms with Gasteiger partial charge in [-0.1, -0.05) is 0 Å². The van der Waals surface area contributed by atoms with Gasteiger partial charge in [0.05, 0.1) is 0 Å². The second kappa shape index (κ2) is 5.41. The van der Waals surface area contributed by atoms with Crippen molar-refractivity contribution in [2.45, 2.75) is 19.0 Å². The Morgan fingerprint density at radius 2 is 2.00 bits per heavy atom. The standard InChI is InChI=1S/C11H13F3N4O/c12-11(13,14)6-15-10(19)8-5-9(17-7-16-8)18-3-1-2-4-18/h5,7H,1-4,6H2,(H,15,19). The van der Waals surface area contributed by atoms with E-state index in [0.717, 1.165) is 25.9 Å². The van der Waals surface area contributed by atoms with Crippen LogP contribution in [0.4, 0.5) is 19.0 Å². The largest absolute Gasteiger partial charge is 0.405 e. The molecular weight excluding hydrogens is 261 g/mol. The summed E-state index contributed by atoms with van der Waals surface area (Å²) >= 11 is 0. The summed E-state index contributed by atoms with van der Waals surface area (Å²) in [5.41, 5.74) is -0.0545. The summed E-state index contributed by atoms with van der Waals surface area (Å²) in [6, 6.07) is 1.41. The first-order valence-corrected chi connectivity index (χ1v) is 5.88. The Bertz CT molecular complexity index is 457. The molecule has 1 N–H and O–H groups in total. The lowest BCUT2D eigenvalue weighted by molar-refractivity contribution is -0.123. The summed E-state index contributed by atoms with van der Waals surface area (Å²) in [6.45, 7) is 0.302. The molecule has 1 fully saturated rings. The zero-order chi connectivity index (χ0) is 13.9. The lowest BCUT2D eigenvalue weighted by Gasteiger charge is -2.16. The minimum Gasteiger partial charge on any atom is -0.357 e. The van der Waals surface area contributed by atoms with Gasteiger partial charge in [-0.05, 0) is 12.8 Å². The summed E-state index contributed by atoms with van der Waals surface area (Å²) in [5, 5.41) is 1.78. The SMILES string of the molecule is O=C(NCC(F)(F)F)c1cc(N2CCCC2)ncn1. The molecule has 1 aliphatic heterocycles. The molecule has 2 heterocycles. The second-order valence-electron chi connectivity index (χ2n) is 4.25. The molecule has 1 amide bonds. The summed E-state index contributed by atoms with van der Waals surface area (Å²) in [7, 11) is 0. The van der Waals surface area contributed by atoms with Crippen molar-refractivity contribution < 1.29 is 18.0 Å². The Morgan fingerprint density at radius 3 is 2.63 bits per heavy atom. The summed E-state index contributed by atoms with van der Waals surface area (Å²) in [5.74, 6) is -0.273. The van der Waals surface area contributed by atoms with Crippen LogP contribution in [0.15, 0.2) is 12.4 Å². The number of alkyl halides is 3. The average Bonchev–Trinajstić information content (AvgIpc) is 2.89. The highest BCUT2D eigenvalue weighted by Gasteiger charge is 2.28. The molecule has 1 aromatic heterocycles. The third kappa shape index (κ3) is 3.80. The first kappa shape index (κ1) is 13.6. The maximum absolute atomic E-state index is 12.0. The third-order valence-corrected chi connectivity index (χ3v) is 2.76. The molecule has 0 atom stereocenters. The number of amides is 1. The van der Waals surface area contributed by atoms with E-state index in [-0.39, 0.29) is 5.69 Å². The molecule has 8 heteroatoms. The van der Waals surface area contributed by atoms with Gasteiger partial charge in [0.25, 0.3) is 5.91 Å². The van der Waals surface area contributed by atoms with Gasteiger partial charge in [-0.3, -0.25) is 4.79 Å². The minimum atomic E-state index is -4.43. The van der Waals surface area contributed by atoms with E-state index in [2.05, 4.69) is 9.97 Å². The van der Waals surface area contributed by atoms with E-state index >= 15 is 0 Å². The predicted molar refractivity (Wildman–Crippen MR) is 61.9 cm³/mol. The topological polar surface area (TPSA) is 58.1 Å². The number of hydrogen-bond acceptors (Lipinski definition) is 4. The van der Waals surface area contributed by atoms with Crippen molar-refractivity contribution in [2.24, 2.45) is 0 Å². The van der Waals surface area contributed by atoms with Gasteiger partial charge in [0.1, 0.15) is 24.4 Å². The van der Waals surface area contributed by atoms with Gasteiger partial charge in [0.15, 0.2) is 0 Å². The average molecular weight is 274 g/mol. The number of rotatable bonds is 3. The molecule has 2 rings (SSSR count). The fourth-order valence-corrected chi connectivity index (χ4v) is 1.86. The van der Waals surface area contributed by atoms with Crippen molar-refractivity contribution in [2.75, 3.05) is 24.5 Å². The van der Waals surface area contributed by atoms with Crippen molar-refractivity contribution in [3.05, 3.63) is 18.1 Å². The zero-order valence-electron chi connectivity index (χ0n) is 10.1. The maximum Gasteiger partial charge on any atom is 0.405 e. The molecule has 0 aliphatic carbocycles. The van der Waals surface area contributed by atoms with Gasteiger partial charge in [-0.25, -0.2) is 9.97 Å². The van der Waals surface area contributed by atoms with Gasteiger partial charge in [-0.15, -0.1) is 0 Å². The number of nitrogens with one attached hydrogen (secondary N) is 1. The molecule has 19 heavy (non-hydrogen) atoms. The number of anilines is 1. The molecule has 0 radical (unpaired) electrons. The molecule has 1 saturated heterocycles. The van der Waals surface area contributed by atoms with Crippen LogP contribution in [0.3, 0.4) is 0 Å². The lowest BCUT2D eigenvalue weighted by Crippen LogP contribution is -2.34. The smallest absolute Gasteiger partial charge is 0.357 e. The van der Waals surface area contributed by atoms with Crippen LogP contribution in [-0.2, 0) is 0 Å². The normalized spacial score (nSPS) is 15.6. The van der Waals surface area contributed by atoms with E-state index in [1.54, 1.807) is 5.32 Å². The molecule has 1 aromatic rings. The van der Waals surface area contributed by atoms with Crippen molar-refractivity contribution >= 4 is 11.7 Å². The highest BCUT2D eigenvalue weighted by Crippen LogP contribution is 2.17. The van der Waals surface area contributed by atoms with Gasteiger partial charge < -0.3 is 10.2 Å². The van der Waals surface area contributed by atoms with Crippen LogP contribution in [0, 0.1) is 0 Å². The highest BCUT2D eigenvalue weighted by atomic mass is 19.4. The fraction of sp³-hybridized carbons (Fsp3) is 0.545. The van der Waals surface area contributed by atoms with Gasteiger partial charge in [0, 0.05) is 19.2 Å². The number of nitrogens with zero attached hydrogens (tertiary/aromatic N) is 3. The molecule has 0 bridgehead atoms. The Balaban J connectivity index is 2.03.